The molecule has 1 aliphatic rings. The van der Waals surface area contributed by atoms with Gasteiger partial charge in [-0.3, -0.25) is 4.79 Å². The zero-order valence-corrected chi connectivity index (χ0v) is 9.72. The van der Waals surface area contributed by atoms with E-state index in [4.69, 9.17) is 5.73 Å². The molecule has 1 heterocycles. The number of nitrogens with two attached hydrogens (primary N) is 1. The lowest BCUT2D eigenvalue weighted by Gasteiger charge is -2.41. The van der Waals surface area contributed by atoms with E-state index in [1.165, 1.54) is 0 Å². The highest BCUT2D eigenvalue weighted by Crippen LogP contribution is 2.42. The van der Waals surface area contributed by atoms with Gasteiger partial charge in [-0.15, -0.1) is 11.3 Å². The predicted molar refractivity (Wildman–Crippen MR) is 63.1 cm³/mol. The molecule has 0 aromatic carbocycles. The molecule has 1 aromatic rings. The second-order valence-electron chi connectivity index (χ2n) is 4.15. The Morgan fingerprint density at radius 2 is 2.40 bits per heavy atom. The normalized spacial score (nSPS) is 18.3. The molecule has 1 fully saturated rings. The predicted octanol–water partition coefficient (Wildman–Crippen LogP) is 1.84. The molecule has 0 unspecified atom stereocenters. The number of thiophene rings is 1. The second-order valence-corrected chi connectivity index (χ2v) is 5.08. The molecule has 0 bridgehead atoms. The highest BCUT2D eigenvalue weighted by atomic mass is 32.1. The molecule has 2 rings (SSSR count). The Balaban J connectivity index is 2.14. The summed E-state index contributed by atoms with van der Waals surface area (Å²) in [7, 11) is 1.84. The number of hydrogen-bond acceptors (Lipinski definition) is 3. The summed E-state index contributed by atoms with van der Waals surface area (Å²) < 4.78 is 0. The summed E-state index contributed by atoms with van der Waals surface area (Å²) >= 11 is 1.58. The maximum Gasteiger partial charge on any atom is 0.234 e. The van der Waals surface area contributed by atoms with Crippen LogP contribution >= 0.6 is 11.3 Å². The van der Waals surface area contributed by atoms with Crippen molar-refractivity contribution in [2.24, 2.45) is 11.1 Å². The van der Waals surface area contributed by atoms with Crippen molar-refractivity contribution in [2.45, 2.75) is 19.3 Å². The Labute approximate surface area is 93.9 Å². The van der Waals surface area contributed by atoms with Gasteiger partial charge in [0.2, 0.25) is 5.91 Å². The highest BCUT2D eigenvalue weighted by Gasteiger charge is 2.44. The number of carbonyl (C=O) groups excluding carboxylic acids is 1. The van der Waals surface area contributed by atoms with Crippen LogP contribution in [0.1, 0.15) is 19.3 Å². The molecule has 3 nitrogen and oxygen atoms in total. The lowest BCUT2D eigenvalue weighted by molar-refractivity contribution is -0.131. The van der Waals surface area contributed by atoms with Crippen molar-refractivity contribution in [2.75, 3.05) is 18.5 Å². The van der Waals surface area contributed by atoms with Crippen molar-refractivity contribution in [3.05, 3.63) is 17.5 Å². The molecule has 1 amide bonds. The van der Waals surface area contributed by atoms with Crippen molar-refractivity contribution < 1.29 is 4.79 Å². The summed E-state index contributed by atoms with van der Waals surface area (Å²) in [5.74, 6) is 0.179. The Bertz CT molecular complexity index is 338. The standard InChI is InChI=1S/C11H16N2OS/c1-13(9-4-2-7-15-9)10(14)11(8-12)5-3-6-11/h2,4,7H,3,5-6,8,12H2,1H3. The van der Waals surface area contributed by atoms with E-state index < -0.39 is 0 Å². The second kappa shape index (κ2) is 3.94. The van der Waals surface area contributed by atoms with Crippen LogP contribution in [0.2, 0.25) is 0 Å². The summed E-state index contributed by atoms with van der Waals surface area (Å²) in [5, 5.41) is 2.98. The van der Waals surface area contributed by atoms with E-state index >= 15 is 0 Å². The summed E-state index contributed by atoms with van der Waals surface area (Å²) in [4.78, 5) is 14.0. The van der Waals surface area contributed by atoms with Gasteiger partial charge in [-0.25, -0.2) is 0 Å². The van der Waals surface area contributed by atoms with Crippen LogP contribution in [0.25, 0.3) is 0 Å². The minimum atomic E-state index is -0.265. The lowest BCUT2D eigenvalue weighted by Crippen LogP contribution is -2.50. The van der Waals surface area contributed by atoms with Gasteiger partial charge in [-0.05, 0) is 30.4 Å². The Morgan fingerprint density at radius 1 is 1.67 bits per heavy atom. The number of carbonyl (C=O) groups is 1. The van der Waals surface area contributed by atoms with Gasteiger partial charge in [-0.2, -0.15) is 0 Å². The van der Waals surface area contributed by atoms with Crippen LogP contribution in [0.5, 0.6) is 0 Å². The molecular weight excluding hydrogens is 208 g/mol. The molecule has 0 atom stereocenters. The summed E-state index contributed by atoms with van der Waals surface area (Å²) in [6, 6.07) is 3.92. The van der Waals surface area contributed by atoms with Gasteiger partial charge in [0, 0.05) is 13.6 Å². The van der Waals surface area contributed by atoms with Gasteiger partial charge in [-0.1, -0.05) is 6.42 Å². The molecule has 82 valence electrons. The molecule has 15 heavy (non-hydrogen) atoms. The number of rotatable bonds is 3. The summed E-state index contributed by atoms with van der Waals surface area (Å²) in [6.07, 6.45) is 3.01. The largest absolute Gasteiger partial charge is 0.329 e. The van der Waals surface area contributed by atoms with E-state index in [1.807, 2.05) is 24.6 Å². The number of anilines is 1. The van der Waals surface area contributed by atoms with E-state index in [9.17, 15) is 4.79 Å². The number of nitrogens with zero attached hydrogens (tertiary/aromatic N) is 1. The summed E-state index contributed by atoms with van der Waals surface area (Å²) in [6.45, 7) is 0.474. The molecule has 0 saturated heterocycles. The fourth-order valence-electron chi connectivity index (χ4n) is 2.03. The van der Waals surface area contributed by atoms with Crippen LogP contribution in [0.15, 0.2) is 17.5 Å². The summed E-state index contributed by atoms with van der Waals surface area (Å²) in [5.41, 5.74) is 5.45. The molecule has 1 aromatic heterocycles. The van der Waals surface area contributed by atoms with Crippen LogP contribution in [-0.4, -0.2) is 19.5 Å². The quantitative estimate of drug-likeness (QED) is 0.851. The Hall–Kier alpha value is -0.870. The van der Waals surface area contributed by atoms with Gasteiger partial charge in [0.1, 0.15) is 0 Å². The maximum absolute atomic E-state index is 12.2. The van der Waals surface area contributed by atoms with E-state index in [0.29, 0.717) is 6.54 Å². The third-order valence-corrected chi connectivity index (χ3v) is 4.24. The maximum atomic E-state index is 12.2. The number of hydrogen-bond donors (Lipinski definition) is 1. The van der Waals surface area contributed by atoms with Gasteiger partial charge >= 0.3 is 0 Å². The molecule has 0 radical (unpaired) electrons. The third-order valence-electron chi connectivity index (χ3n) is 3.30. The first-order chi connectivity index (χ1) is 7.19. The van der Waals surface area contributed by atoms with Crippen LogP contribution in [0, 0.1) is 5.41 Å². The zero-order chi connectivity index (χ0) is 10.9. The third kappa shape index (κ3) is 1.68. The van der Waals surface area contributed by atoms with Crippen molar-refractivity contribution in [1.82, 2.24) is 0 Å². The first kappa shape index (κ1) is 10.6. The molecule has 1 saturated carbocycles. The molecule has 1 aliphatic carbocycles. The van der Waals surface area contributed by atoms with Crippen LogP contribution in [-0.2, 0) is 4.79 Å². The average molecular weight is 224 g/mol. The van der Waals surface area contributed by atoms with Crippen LogP contribution in [0.3, 0.4) is 0 Å². The van der Waals surface area contributed by atoms with E-state index in [0.717, 1.165) is 24.3 Å². The molecule has 0 spiro atoms. The van der Waals surface area contributed by atoms with Crippen molar-refractivity contribution in [3.63, 3.8) is 0 Å². The van der Waals surface area contributed by atoms with Crippen LogP contribution < -0.4 is 10.6 Å². The SMILES string of the molecule is CN(C(=O)C1(CN)CCC1)c1cccs1. The highest BCUT2D eigenvalue weighted by molar-refractivity contribution is 7.14. The van der Waals surface area contributed by atoms with E-state index in [-0.39, 0.29) is 11.3 Å². The minimum absolute atomic E-state index is 0.179. The molecule has 0 aliphatic heterocycles. The van der Waals surface area contributed by atoms with Gasteiger partial charge in [0.15, 0.2) is 0 Å². The zero-order valence-electron chi connectivity index (χ0n) is 8.90. The lowest BCUT2D eigenvalue weighted by atomic mass is 9.68. The monoisotopic (exact) mass is 224 g/mol. The van der Waals surface area contributed by atoms with Crippen molar-refractivity contribution >= 4 is 22.2 Å². The molecular formula is C11H16N2OS. The van der Waals surface area contributed by atoms with Gasteiger partial charge in [0.25, 0.3) is 0 Å². The molecule has 2 N–H and O–H groups in total. The minimum Gasteiger partial charge on any atom is -0.329 e. The molecule has 4 heteroatoms. The number of amides is 1. The first-order valence-corrected chi connectivity index (χ1v) is 6.09. The topological polar surface area (TPSA) is 46.3 Å². The van der Waals surface area contributed by atoms with Crippen molar-refractivity contribution in [3.8, 4) is 0 Å². The Morgan fingerprint density at radius 3 is 2.80 bits per heavy atom. The van der Waals surface area contributed by atoms with Gasteiger partial charge in [0.05, 0.1) is 10.4 Å². The average Bonchev–Trinajstić information content (AvgIpc) is 2.68. The fourth-order valence-corrected chi connectivity index (χ4v) is 2.72. The first-order valence-electron chi connectivity index (χ1n) is 5.21. The van der Waals surface area contributed by atoms with Crippen molar-refractivity contribution in [1.29, 1.82) is 0 Å². The van der Waals surface area contributed by atoms with Crippen LogP contribution in [0.4, 0.5) is 5.00 Å². The Kier molecular flexibility index (Phi) is 2.80. The van der Waals surface area contributed by atoms with Gasteiger partial charge < -0.3 is 10.6 Å². The van der Waals surface area contributed by atoms with E-state index in [2.05, 4.69) is 0 Å². The fraction of sp³-hybridized carbons (Fsp3) is 0.545. The van der Waals surface area contributed by atoms with E-state index in [1.54, 1.807) is 16.2 Å². The smallest absolute Gasteiger partial charge is 0.234 e.